The molecule has 1 aliphatic carbocycles. The maximum Gasteiger partial charge on any atom is 0.265 e. The number of methoxy groups -OCH3 is 1. The van der Waals surface area contributed by atoms with Crippen LogP contribution in [0.3, 0.4) is 0 Å². The first kappa shape index (κ1) is 23.1. The molecule has 0 spiro atoms. The third-order valence-corrected chi connectivity index (χ3v) is 6.90. The predicted molar refractivity (Wildman–Crippen MR) is 128 cm³/mol. The Balaban J connectivity index is 1.69. The number of amides is 2. The lowest BCUT2D eigenvalue weighted by molar-refractivity contribution is -0.127. The summed E-state index contributed by atoms with van der Waals surface area (Å²) in [5.41, 5.74) is 0.902. The Morgan fingerprint density at radius 1 is 1.12 bits per heavy atom. The quantitative estimate of drug-likeness (QED) is 0.476. The molecule has 0 saturated heterocycles. The van der Waals surface area contributed by atoms with Crippen molar-refractivity contribution >= 4 is 23.2 Å². The largest absolute Gasteiger partial charge is 0.497 e. The van der Waals surface area contributed by atoms with E-state index < -0.39 is 6.04 Å². The summed E-state index contributed by atoms with van der Waals surface area (Å²) in [7, 11) is 1.62. The molecule has 0 radical (unpaired) electrons. The van der Waals surface area contributed by atoms with Crippen molar-refractivity contribution < 1.29 is 18.7 Å². The number of nitrogens with one attached hydrogen (secondary N) is 1. The molecular formula is C26H30N2O4S. The van der Waals surface area contributed by atoms with E-state index >= 15 is 0 Å². The van der Waals surface area contributed by atoms with Crippen LogP contribution in [0, 0.1) is 6.92 Å². The molecule has 33 heavy (non-hydrogen) atoms. The molecule has 3 aromatic rings. The first-order chi connectivity index (χ1) is 16.0. The molecule has 1 atom stereocenters. The number of nitrogens with zero attached hydrogens (tertiary/aromatic N) is 1. The number of carbonyl (C=O) groups excluding carboxylic acids is 2. The zero-order chi connectivity index (χ0) is 23.2. The van der Waals surface area contributed by atoms with Crippen LogP contribution < -0.4 is 10.1 Å². The van der Waals surface area contributed by atoms with Crippen molar-refractivity contribution in [2.45, 2.75) is 57.7 Å². The zero-order valence-corrected chi connectivity index (χ0v) is 19.9. The van der Waals surface area contributed by atoms with Crippen molar-refractivity contribution in [3.63, 3.8) is 0 Å². The van der Waals surface area contributed by atoms with E-state index in [0.717, 1.165) is 37.0 Å². The van der Waals surface area contributed by atoms with Crippen LogP contribution in [0.2, 0.25) is 0 Å². The monoisotopic (exact) mass is 466 g/mol. The standard InChI is InChI=1S/C26H30N2O4S/c1-18-10-15-22(32-18)24(25(29)27-20-7-4-3-5-8-20)28(26(30)23-9-6-16-33-23)17-19-11-13-21(31-2)14-12-19/h6,9-16,20,24H,3-5,7-8,17H2,1-2H3,(H,27,29). The van der Waals surface area contributed by atoms with E-state index in [9.17, 15) is 9.59 Å². The molecule has 0 aliphatic heterocycles. The molecule has 0 bridgehead atoms. The van der Waals surface area contributed by atoms with Crippen molar-refractivity contribution in [1.29, 1.82) is 0 Å². The minimum atomic E-state index is -0.864. The number of furan rings is 1. The number of benzene rings is 1. The predicted octanol–water partition coefficient (Wildman–Crippen LogP) is 5.49. The summed E-state index contributed by atoms with van der Waals surface area (Å²) in [4.78, 5) is 29.5. The highest BCUT2D eigenvalue weighted by Crippen LogP contribution is 2.29. The summed E-state index contributed by atoms with van der Waals surface area (Å²) in [5, 5.41) is 5.07. The van der Waals surface area contributed by atoms with Crippen molar-refractivity contribution in [1.82, 2.24) is 10.2 Å². The molecule has 1 aliphatic rings. The minimum Gasteiger partial charge on any atom is -0.497 e. The number of rotatable bonds is 8. The van der Waals surface area contributed by atoms with Gasteiger partial charge in [-0.1, -0.05) is 37.5 Å². The van der Waals surface area contributed by atoms with Gasteiger partial charge in [-0.05, 0) is 61.0 Å². The van der Waals surface area contributed by atoms with Gasteiger partial charge in [0.1, 0.15) is 17.3 Å². The number of thiophene rings is 1. The fourth-order valence-corrected chi connectivity index (χ4v) is 4.98. The number of aryl methyl sites for hydroxylation is 1. The van der Waals surface area contributed by atoms with Crippen molar-refractivity contribution in [3.05, 3.63) is 75.9 Å². The van der Waals surface area contributed by atoms with Gasteiger partial charge in [0.05, 0.1) is 12.0 Å². The summed E-state index contributed by atoms with van der Waals surface area (Å²) in [6, 6.07) is 14.1. The first-order valence-corrected chi connectivity index (χ1v) is 12.3. The van der Waals surface area contributed by atoms with Crippen LogP contribution in [0.25, 0.3) is 0 Å². The lowest BCUT2D eigenvalue weighted by Crippen LogP contribution is -2.46. The maximum absolute atomic E-state index is 13.6. The van der Waals surface area contributed by atoms with Gasteiger partial charge < -0.3 is 19.4 Å². The van der Waals surface area contributed by atoms with Crippen molar-refractivity contribution in [2.75, 3.05) is 7.11 Å². The number of hydrogen-bond acceptors (Lipinski definition) is 5. The fraction of sp³-hybridized carbons (Fsp3) is 0.385. The molecule has 2 amide bonds. The molecule has 4 rings (SSSR count). The Kier molecular flexibility index (Phi) is 7.50. The van der Waals surface area contributed by atoms with E-state index in [1.54, 1.807) is 24.1 Å². The SMILES string of the molecule is COc1ccc(CN(C(=O)c2cccs2)C(C(=O)NC2CCCCC2)c2ccc(C)o2)cc1. The van der Waals surface area contributed by atoms with Crippen LogP contribution >= 0.6 is 11.3 Å². The third-order valence-electron chi connectivity index (χ3n) is 6.05. The number of ether oxygens (including phenoxy) is 1. The highest BCUT2D eigenvalue weighted by Gasteiger charge is 2.36. The molecule has 6 nitrogen and oxygen atoms in total. The van der Waals surface area contributed by atoms with Crippen LogP contribution in [0.15, 0.2) is 58.3 Å². The first-order valence-electron chi connectivity index (χ1n) is 11.4. The Morgan fingerprint density at radius 2 is 1.88 bits per heavy atom. The molecule has 174 valence electrons. The lowest BCUT2D eigenvalue weighted by Gasteiger charge is -2.32. The van der Waals surface area contributed by atoms with E-state index in [1.165, 1.54) is 17.8 Å². The minimum absolute atomic E-state index is 0.129. The summed E-state index contributed by atoms with van der Waals surface area (Å²) in [6.45, 7) is 2.11. The van der Waals surface area contributed by atoms with E-state index in [4.69, 9.17) is 9.15 Å². The van der Waals surface area contributed by atoms with Crippen LogP contribution in [0.1, 0.15) is 64.9 Å². The molecule has 1 saturated carbocycles. The van der Waals surface area contributed by atoms with E-state index in [0.29, 0.717) is 16.4 Å². The summed E-state index contributed by atoms with van der Waals surface area (Å²) in [6.07, 6.45) is 5.35. The van der Waals surface area contributed by atoms with E-state index in [-0.39, 0.29) is 24.4 Å². The fourth-order valence-electron chi connectivity index (χ4n) is 4.30. The Labute approximate surface area is 198 Å². The second-order valence-electron chi connectivity index (χ2n) is 8.45. The second-order valence-corrected chi connectivity index (χ2v) is 9.40. The lowest BCUT2D eigenvalue weighted by atomic mass is 9.95. The smallest absolute Gasteiger partial charge is 0.265 e. The Bertz CT molecular complexity index is 1050. The molecule has 1 fully saturated rings. The van der Waals surface area contributed by atoms with E-state index in [1.807, 2.05) is 48.7 Å². The molecule has 7 heteroatoms. The molecular weight excluding hydrogens is 436 g/mol. The molecule has 1 unspecified atom stereocenters. The maximum atomic E-state index is 13.6. The van der Waals surface area contributed by atoms with Gasteiger partial charge in [-0.2, -0.15) is 0 Å². The zero-order valence-electron chi connectivity index (χ0n) is 19.1. The molecule has 1 aromatic carbocycles. The normalized spacial score (nSPS) is 15.1. The van der Waals surface area contributed by atoms with Gasteiger partial charge in [0.25, 0.3) is 11.8 Å². The molecule has 2 heterocycles. The van der Waals surface area contributed by atoms with Gasteiger partial charge >= 0.3 is 0 Å². The van der Waals surface area contributed by atoms with Crippen molar-refractivity contribution in [2.24, 2.45) is 0 Å². The molecule has 2 aromatic heterocycles. The average molecular weight is 467 g/mol. The van der Waals surface area contributed by atoms with Gasteiger partial charge in [0.15, 0.2) is 6.04 Å². The van der Waals surface area contributed by atoms with Gasteiger partial charge in [0, 0.05) is 12.6 Å². The Hall–Kier alpha value is -3.06. The highest BCUT2D eigenvalue weighted by molar-refractivity contribution is 7.12. The summed E-state index contributed by atoms with van der Waals surface area (Å²) >= 11 is 1.37. The summed E-state index contributed by atoms with van der Waals surface area (Å²) < 4.78 is 11.2. The second kappa shape index (κ2) is 10.7. The highest BCUT2D eigenvalue weighted by atomic mass is 32.1. The van der Waals surface area contributed by atoms with Gasteiger partial charge in [-0.25, -0.2) is 0 Å². The van der Waals surface area contributed by atoms with Crippen LogP contribution in [0.4, 0.5) is 0 Å². The van der Waals surface area contributed by atoms with Crippen LogP contribution in [0.5, 0.6) is 5.75 Å². The Morgan fingerprint density at radius 3 is 2.48 bits per heavy atom. The van der Waals surface area contributed by atoms with Gasteiger partial charge in [-0.15, -0.1) is 11.3 Å². The number of hydrogen-bond donors (Lipinski definition) is 1. The van der Waals surface area contributed by atoms with Crippen LogP contribution in [-0.4, -0.2) is 29.9 Å². The average Bonchev–Trinajstić information content (AvgIpc) is 3.52. The van der Waals surface area contributed by atoms with Gasteiger partial charge in [0.2, 0.25) is 0 Å². The van der Waals surface area contributed by atoms with Gasteiger partial charge in [-0.3, -0.25) is 9.59 Å². The molecule has 1 N–H and O–H groups in total. The topological polar surface area (TPSA) is 71.8 Å². The third kappa shape index (κ3) is 5.66. The van der Waals surface area contributed by atoms with Crippen LogP contribution in [-0.2, 0) is 11.3 Å². The van der Waals surface area contributed by atoms with Crippen molar-refractivity contribution in [3.8, 4) is 5.75 Å². The van der Waals surface area contributed by atoms with E-state index in [2.05, 4.69) is 5.32 Å². The summed E-state index contributed by atoms with van der Waals surface area (Å²) in [5.74, 6) is 1.52. The number of carbonyl (C=O) groups is 2.